The maximum atomic E-state index is 11.5. The largest absolute Gasteiger partial charge is 0.477 e. The summed E-state index contributed by atoms with van der Waals surface area (Å²) in [6, 6.07) is 11.2. The molecule has 0 saturated carbocycles. The number of benzene rings is 2. The summed E-state index contributed by atoms with van der Waals surface area (Å²) in [5.41, 5.74) is 3.76. The van der Waals surface area contributed by atoms with Crippen molar-refractivity contribution in [2.24, 2.45) is 0 Å². The molecule has 112 valence electrons. The summed E-state index contributed by atoms with van der Waals surface area (Å²) in [5.74, 6) is -0.967. The number of para-hydroxylation sites is 1. The highest BCUT2D eigenvalue weighted by Gasteiger charge is 2.18. The van der Waals surface area contributed by atoms with Gasteiger partial charge in [-0.15, -0.1) is 0 Å². The molecule has 3 rings (SSSR count). The molecule has 0 fully saturated rings. The summed E-state index contributed by atoms with van der Waals surface area (Å²) >= 11 is 12.0. The van der Waals surface area contributed by atoms with Crippen LogP contribution in [0, 0.1) is 6.92 Å². The van der Waals surface area contributed by atoms with Crippen molar-refractivity contribution in [2.75, 3.05) is 0 Å². The molecule has 0 aliphatic heterocycles. The first-order valence-corrected chi connectivity index (χ1v) is 7.50. The van der Waals surface area contributed by atoms with Crippen molar-refractivity contribution >= 4 is 40.1 Å². The number of fused-ring (bicyclic) bond motifs is 1. The summed E-state index contributed by atoms with van der Waals surface area (Å²) < 4.78 is 0. The normalized spacial score (nSPS) is 11.0. The van der Waals surface area contributed by atoms with Gasteiger partial charge in [-0.2, -0.15) is 0 Å². The summed E-state index contributed by atoms with van der Waals surface area (Å²) in [6.45, 7) is 1.95. The Morgan fingerprint density at radius 3 is 2.64 bits per heavy atom. The number of rotatable bonds is 3. The molecule has 1 heterocycles. The van der Waals surface area contributed by atoms with Crippen LogP contribution in [0.25, 0.3) is 10.9 Å². The fourth-order valence-corrected chi connectivity index (χ4v) is 2.96. The Morgan fingerprint density at radius 1 is 1.18 bits per heavy atom. The van der Waals surface area contributed by atoms with Gasteiger partial charge < -0.3 is 10.1 Å². The number of aromatic amines is 1. The molecular weight excluding hydrogens is 321 g/mol. The van der Waals surface area contributed by atoms with Crippen molar-refractivity contribution in [1.82, 2.24) is 4.98 Å². The van der Waals surface area contributed by atoms with E-state index in [0.717, 1.165) is 27.6 Å². The number of hydrogen-bond acceptors (Lipinski definition) is 1. The smallest absolute Gasteiger partial charge is 0.352 e. The lowest BCUT2D eigenvalue weighted by atomic mass is 10.0. The van der Waals surface area contributed by atoms with Gasteiger partial charge in [-0.05, 0) is 35.7 Å². The SMILES string of the molecule is Cc1cccc2c(Cc3ccc(Cl)c(Cl)c3)c(C(=O)O)[nH]c12. The average molecular weight is 334 g/mol. The van der Waals surface area contributed by atoms with Crippen LogP contribution in [-0.4, -0.2) is 16.1 Å². The van der Waals surface area contributed by atoms with E-state index in [1.165, 1.54) is 0 Å². The molecule has 5 heteroatoms. The highest BCUT2D eigenvalue weighted by Crippen LogP contribution is 2.29. The molecule has 0 bridgehead atoms. The minimum absolute atomic E-state index is 0.218. The second-order valence-electron chi connectivity index (χ2n) is 5.21. The van der Waals surface area contributed by atoms with Crippen LogP contribution < -0.4 is 0 Å². The number of nitrogens with one attached hydrogen (secondary N) is 1. The van der Waals surface area contributed by atoms with E-state index in [1.807, 2.05) is 31.2 Å². The van der Waals surface area contributed by atoms with Crippen molar-refractivity contribution in [3.8, 4) is 0 Å². The topological polar surface area (TPSA) is 53.1 Å². The van der Waals surface area contributed by atoms with Crippen LogP contribution in [-0.2, 0) is 6.42 Å². The van der Waals surface area contributed by atoms with Crippen LogP contribution in [0.4, 0.5) is 0 Å². The minimum Gasteiger partial charge on any atom is -0.477 e. The Bertz CT molecular complexity index is 884. The standard InChI is InChI=1S/C17H13Cl2NO2/c1-9-3-2-4-11-12(16(17(21)22)20-15(9)11)7-10-5-6-13(18)14(19)8-10/h2-6,8,20H,7H2,1H3,(H,21,22). The van der Waals surface area contributed by atoms with Gasteiger partial charge in [0, 0.05) is 17.3 Å². The first-order chi connectivity index (χ1) is 10.5. The molecule has 1 aromatic heterocycles. The molecule has 0 amide bonds. The molecule has 0 spiro atoms. The molecule has 0 radical (unpaired) electrons. The van der Waals surface area contributed by atoms with Crippen molar-refractivity contribution < 1.29 is 9.90 Å². The van der Waals surface area contributed by atoms with E-state index >= 15 is 0 Å². The molecule has 2 aromatic carbocycles. The Balaban J connectivity index is 2.16. The zero-order valence-corrected chi connectivity index (χ0v) is 13.3. The molecule has 0 aliphatic rings. The molecule has 3 nitrogen and oxygen atoms in total. The number of carboxylic acid groups (broad SMARTS) is 1. The first-order valence-electron chi connectivity index (χ1n) is 6.74. The van der Waals surface area contributed by atoms with Gasteiger partial charge in [0.05, 0.1) is 10.0 Å². The molecule has 0 atom stereocenters. The van der Waals surface area contributed by atoms with Crippen LogP contribution in [0.2, 0.25) is 10.0 Å². The Labute approximate surface area is 137 Å². The quantitative estimate of drug-likeness (QED) is 0.702. The third kappa shape index (κ3) is 2.58. The predicted octanol–water partition coefficient (Wildman–Crippen LogP) is 5.07. The maximum absolute atomic E-state index is 11.5. The van der Waals surface area contributed by atoms with Gasteiger partial charge >= 0.3 is 5.97 Å². The molecule has 3 aromatic rings. The lowest BCUT2D eigenvalue weighted by Gasteiger charge is -2.05. The second kappa shape index (κ2) is 5.67. The number of carbonyl (C=O) groups is 1. The van der Waals surface area contributed by atoms with E-state index in [4.69, 9.17) is 23.2 Å². The van der Waals surface area contributed by atoms with Crippen molar-refractivity contribution in [3.05, 3.63) is 68.8 Å². The van der Waals surface area contributed by atoms with Gasteiger partial charge in [0.1, 0.15) is 5.69 Å². The fourth-order valence-electron chi connectivity index (χ4n) is 2.64. The molecule has 22 heavy (non-hydrogen) atoms. The van der Waals surface area contributed by atoms with Crippen LogP contribution in [0.5, 0.6) is 0 Å². The van der Waals surface area contributed by atoms with Crippen molar-refractivity contribution in [2.45, 2.75) is 13.3 Å². The van der Waals surface area contributed by atoms with E-state index < -0.39 is 5.97 Å². The highest BCUT2D eigenvalue weighted by molar-refractivity contribution is 6.42. The number of aryl methyl sites for hydroxylation is 1. The lowest BCUT2D eigenvalue weighted by molar-refractivity contribution is 0.0690. The van der Waals surface area contributed by atoms with Gasteiger partial charge in [0.25, 0.3) is 0 Å². The van der Waals surface area contributed by atoms with Gasteiger partial charge in [0.2, 0.25) is 0 Å². The summed E-state index contributed by atoms with van der Waals surface area (Å²) in [4.78, 5) is 14.6. The average Bonchev–Trinajstić information content (AvgIpc) is 2.84. The van der Waals surface area contributed by atoms with E-state index in [-0.39, 0.29) is 5.69 Å². The first kappa shape index (κ1) is 14.9. The number of H-pyrrole nitrogens is 1. The van der Waals surface area contributed by atoms with Crippen LogP contribution in [0.15, 0.2) is 36.4 Å². The zero-order valence-electron chi connectivity index (χ0n) is 11.8. The van der Waals surface area contributed by atoms with Crippen molar-refractivity contribution in [3.63, 3.8) is 0 Å². The minimum atomic E-state index is -0.967. The Kier molecular flexibility index (Phi) is 3.85. The number of aromatic carboxylic acids is 1. The number of carboxylic acids is 1. The summed E-state index contributed by atoms with van der Waals surface area (Å²) in [5, 5.41) is 11.3. The Morgan fingerprint density at radius 2 is 1.95 bits per heavy atom. The van der Waals surface area contributed by atoms with Crippen LogP contribution >= 0.6 is 23.2 Å². The van der Waals surface area contributed by atoms with Crippen LogP contribution in [0.1, 0.15) is 27.2 Å². The monoisotopic (exact) mass is 333 g/mol. The maximum Gasteiger partial charge on any atom is 0.352 e. The highest BCUT2D eigenvalue weighted by atomic mass is 35.5. The summed E-state index contributed by atoms with van der Waals surface area (Å²) in [6.07, 6.45) is 0.474. The molecular formula is C17H13Cl2NO2. The predicted molar refractivity (Wildman–Crippen MR) is 89.3 cm³/mol. The summed E-state index contributed by atoms with van der Waals surface area (Å²) in [7, 11) is 0. The number of halogens is 2. The Hall–Kier alpha value is -1.97. The second-order valence-corrected chi connectivity index (χ2v) is 6.02. The fraction of sp³-hybridized carbons (Fsp3) is 0.118. The van der Waals surface area contributed by atoms with Gasteiger partial charge in [-0.25, -0.2) is 4.79 Å². The van der Waals surface area contributed by atoms with Crippen LogP contribution in [0.3, 0.4) is 0 Å². The lowest BCUT2D eigenvalue weighted by Crippen LogP contribution is -2.02. The van der Waals surface area contributed by atoms with E-state index in [9.17, 15) is 9.90 Å². The zero-order chi connectivity index (χ0) is 15.9. The third-order valence-electron chi connectivity index (χ3n) is 3.73. The molecule has 0 unspecified atom stereocenters. The van der Waals surface area contributed by atoms with Gasteiger partial charge in [0.15, 0.2) is 0 Å². The van der Waals surface area contributed by atoms with E-state index in [2.05, 4.69) is 4.98 Å². The number of aromatic nitrogens is 1. The molecule has 0 aliphatic carbocycles. The van der Waals surface area contributed by atoms with Crippen molar-refractivity contribution in [1.29, 1.82) is 0 Å². The van der Waals surface area contributed by atoms with Gasteiger partial charge in [-0.1, -0.05) is 47.5 Å². The third-order valence-corrected chi connectivity index (χ3v) is 4.47. The van der Waals surface area contributed by atoms with E-state index in [1.54, 1.807) is 12.1 Å². The van der Waals surface area contributed by atoms with E-state index in [0.29, 0.717) is 16.5 Å². The van der Waals surface area contributed by atoms with Gasteiger partial charge in [-0.3, -0.25) is 0 Å². The molecule has 2 N–H and O–H groups in total. The molecule has 0 saturated heterocycles. The number of hydrogen-bond donors (Lipinski definition) is 2.